The maximum atomic E-state index is 13.0. The molecule has 0 unspecified atom stereocenters. The van der Waals surface area contributed by atoms with Crippen LogP contribution in [0.2, 0.25) is 10.0 Å². The molecule has 0 spiro atoms. The third kappa shape index (κ3) is 6.12. The first kappa shape index (κ1) is 23.0. The van der Waals surface area contributed by atoms with E-state index in [4.69, 9.17) is 27.9 Å². The topological polar surface area (TPSA) is 58.6 Å². The second-order valence-corrected chi connectivity index (χ2v) is 7.66. The Morgan fingerprint density at radius 2 is 1.79 bits per heavy atom. The second kappa shape index (κ2) is 10.5. The van der Waals surface area contributed by atoms with Crippen molar-refractivity contribution in [2.75, 3.05) is 13.7 Å². The number of benzene rings is 2. The van der Waals surface area contributed by atoms with E-state index in [1.165, 1.54) is 4.90 Å². The number of hydrogen-bond acceptors (Lipinski definition) is 3. The monoisotopic (exact) mass is 436 g/mol. The van der Waals surface area contributed by atoms with Gasteiger partial charge in [0, 0.05) is 13.6 Å². The molecule has 0 fully saturated rings. The number of likely N-dealkylation sites (N-methyl/N-ethyl adjacent to an activating group) is 1. The molecule has 0 bridgehead atoms. The first-order chi connectivity index (χ1) is 13.8. The van der Waals surface area contributed by atoms with E-state index < -0.39 is 6.04 Å². The molecule has 0 saturated carbocycles. The van der Waals surface area contributed by atoms with Crippen LogP contribution in [0.25, 0.3) is 0 Å². The molecule has 0 radical (unpaired) electrons. The zero-order chi connectivity index (χ0) is 21.6. The van der Waals surface area contributed by atoms with Gasteiger partial charge in [0.25, 0.3) is 5.91 Å². The Morgan fingerprint density at radius 1 is 1.07 bits per heavy atom. The van der Waals surface area contributed by atoms with Gasteiger partial charge in [-0.1, -0.05) is 42.3 Å². The number of carbonyl (C=O) groups is 2. The quantitative estimate of drug-likeness (QED) is 0.660. The SMILES string of the molecule is CC[C@@H](C(=O)NC)N(Cc1ccc(Cl)c(Cl)c1)C(=O)COc1ccc(C)c(C)c1. The lowest BCUT2D eigenvalue weighted by atomic mass is 10.1. The van der Waals surface area contributed by atoms with Gasteiger partial charge in [0.05, 0.1) is 10.0 Å². The number of hydrogen-bond donors (Lipinski definition) is 1. The third-order valence-electron chi connectivity index (χ3n) is 4.81. The summed E-state index contributed by atoms with van der Waals surface area (Å²) in [7, 11) is 1.55. The highest BCUT2D eigenvalue weighted by molar-refractivity contribution is 6.42. The fourth-order valence-electron chi connectivity index (χ4n) is 2.95. The van der Waals surface area contributed by atoms with Crippen LogP contribution in [0.5, 0.6) is 5.75 Å². The van der Waals surface area contributed by atoms with E-state index in [1.807, 2.05) is 39.0 Å². The number of nitrogens with zero attached hydrogens (tertiary/aromatic N) is 1. The van der Waals surface area contributed by atoms with Crippen molar-refractivity contribution in [3.05, 3.63) is 63.1 Å². The molecule has 5 nitrogen and oxygen atoms in total. The van der Waals surface area contributed by atoms with Crippen LogP contribution >= 0.6 is 23.2 Å². The van der Waals surface area contributed by atoms with Crippen LogP contribution in [-0.2, 0) is 16.1 Å². The molecule has 0 aliphatic heterocycles. The molecule has 0 heterocycles. The Balaban J connectivity index is 2.22. The molecule has 1 N–H and O–H groups in total. The second-order valence-electron chi connectivity index (χ2n) is 6.84. The van der Waals surface area contributed by atoms with Gasteiger partial charge in [-0.15, -0.1) is 0 Å². The molecular weight excluding hydrogens is 411 g/mol. The zero-order valence-corrected chi connectivity index (χ0v) is 18.6. The first-order valence-corrected chi connectivity index (χ1v) is 10.2. The van der Waals surface area contributed by atoms with Gasteiger partial charge in [-0.05, 0) is 61.2 Å². The number of ether oxygens (including phenoxy) is 1. The normalized spacial score (nSPS) is 11.7. The number of nitrogens with one attached hydrogen (secondary N) is 1. The van der Waals surface area contributed by atoms with Crippen LogP contribution in [0.3, 0.4) is 0 Å². The number of rotatable bonds is 8. The number of carbonyl (C=O) groups excluding carboxylic acids is 2. The molecular formula is C22H26Cl2N2O3. The van der Waals surface area contributed by atoms with Crippen molar-refractivity contribution in [3.8, 4) is 5.75 Å². The lowest BCUT2D eigenvalue weighted by Crippen LogP contribution is -2.49. The lowest BCUT2D eigenvalue weighted by molar-refractivity contribution is -0.142. The third-order valence-corrected chi connectivity index (χ3v) is 5.55. The molecule has 2 rings (SSSR count). The van der Waals surface area contributed by atoms with Crippen molar-refractivity contribution in [1.29, 1.82) is 0 Å². The van der Waals surface area contributed by atoms with E-state index in [-0.39, 0.29) is 25.0 Å². The van der Waals surface area contributed by atoms with Gasteiger partial charge in [-0.25, -0.2) is 0 Å². The standard InChI is InChI=1S/C22H26Cl2N2O3/c1-5-20(22(28)25-4)26(12-16-7-9-18(23)19(24)11-16)21(27)13-29-17-8-6-14(2)15(3)10-17/h6-11,20H,5,12-13H2,1-4H3,(H,25,28)/t20-/m0/s1. The van der Waals surface area contributed by atoms with Crippen molar-refractivity contribution >= 4 is 35.0 Å². The van der Waals surface area contributed by atoms with Gasteiger partial charge >= 0.3 is 0 Å². The molecule has 29 heavy (non-hydrogen) atoms. The maximum Gasteiger partial charge on any atom is 0.261 e. The average Bonchev–Trinajstić information content (AvgIpc) is 2.70. The van der Waals surface area contributed by atoms with E-state index in [0.29, 0.717) is 22.2 Å². The predicted octanol–water partition coefficient (Wildman–Crippen LogP) is 4.54. The van der Waals surface area contributed by atoms with Gasteiger partial charge < -0.3 is 15.0 Å². The van der Waals surface area contributed by atoms with Crippen LogP contribution in [-0.4, -0.2) is 36.4 Å². The Labute approximate surface area is 181 Å². The van der Waals surface area contributed by atoms with Gasteiger partial charge in [0.1, 0.15) is 11.8 Å². The van der Waals surface area contributed by atoms with Gasteiger partial charge in [0.2, 0.25) is 5.91 Å². The van der Waals surface area contributed by atoms with Crippen LogP contribution in [0.4, 0.5) is 0 Å². The minimum absolute atomic E-state index is 0.169. The molecule has 0 aliphatic rings. The summed E-state index contributed by atoms with van der Waals surface area (Å²) >= 11 is 12.1. The summed E-state index contributed by atoms with van der Waals surface area (Å²) in [6, 6.07) is 10.2. The van der Waals surface area contributed by atoms with Crippen LogP contribution < -0.4 is 10.1 Å². The minimum Gasteiger partial charge on any atom is -0.484 e. The summed E-state index contributed by atoms with van der Waals surface area (Å²) in [6.07, 6.45) is 0.469. The predicted molar refractivity (Wildman–Crippen MR) is 117 cm³/mol. The molecule has 2 amide bonds. The van der Waals surface area contributed by atoms with E-state index in [0.717, 1.165) is 16.7 Å². The molecule has 0 saturated heterocycles. The van der Waals surface area contributed by atoms with E-state index in [2.05, 4.69) is 5.32 Å². The fourth-order valence-corrected chi connectivity index (χ4v) is 3.27. The molecule has 7 heteroatoms. The number of aryl methyl sites for hydroxylation is 2. The minimum atomic E-state index is -0.620. The average molecular weight is 437 g/mol. The largest absolute Gasteiger partial charge is 0.484 e. The van der Waals surface area contributed by atoms with Crippen molar-refractivity contribution in [1.82, 2.24) is 10.2 Å². The van der Waals surface area contributed by atoms with Gasteiger partial charge in [-0.3, -0.25) is 9.59 Å². The first-order valence-electron chi connectivity index (χ1n) is 9.41. The smallest absolute Gasteiger partial charge is 0.261 e. The lowest BCUT2D eigenvalue weighted by Gasteiger charge is -2.30. The van der Waals surface area contributed by atoms with Crippen LogP contribution in [0, 0.1) is 13.8 Å². The molecule has 156 valence electrons. The summed E-state index contributed by atoms with van der Waals surface area (Å²) in [5.41, 5.74) is 3.01. The van der Waals surface area contributed by atoms with Crippen molar-refractivity contribution < 1.29 is 14.3 Å². The highest BCUT2D eigenvalue weighted by Gasteiger charge is 2.28. The van der Waals surface area contributed by atoms with Crippen molar-refractivity contribution in [2.24, 2.45) is 0 Å². The Hall–Kier alpha value is -2.24. The summed E-state index contributed by atoms with van der Waals surface area (Å²) in [6.45, 7) is 5.91. The Morgan fingerprint density at radius 3 is 2.38 bits per heavy atom. The molecule has 2 aromatic rings. The van der Waals surface area contributed by atoms with E-state index >= 15 is 0 Å². The van der Waals surface area contributed by atoms with Crippen LogP contribution in [0.15, 0.2) is 36.4 Å². The van der Waals surface area contributed by atoms with Crippen LogP contribution in [0.1, 0.15) is 30.0 Å². The maximum absolute atomic E-state index is 13.0. The van der Waals surface area contributed by atoms with Gasteiger partial charge in [0.15, 0.2) is 6.61 Å². The van der Waals surface area contributed by atoms with Crippen molar-refractivity contribution in [2.45, 2.75) is 39.8 Å². The Kier molecular flexibility index (Phi) is 8.35. The van der Waals surface area contributed by atoms with Gasteiger partial charge in [-0.2, -0.15) is 0 Å². The summed E-state index contributed by atoms with van der Waals surface area (Å²) in [4.78, 5) is 26.9. The molecule has 2 aromatic carbocycles. The van der Waals surface area contributed by atoms with E-state index in [1.54, 1.807) is 25.2 Å². The highest BCUT2D eigenvalue weighted by Crippen LogP contribution is 2.24. The zero-order valence-electron chi connectivity index (χ0n) is 17.1. The summed E-state index contributed by atoms with van der Waals surface area (Å²) < 4.78 is 5.70. The summed E-state index contributed by atoms with van der Waals surface area (Å²) in [5, 5.41) is 3.46. The Bertz CT molecular complexity index is 886. The van der Waals surface area contributed by atoms with Crippen molar-refractivity contribution in [3.63, 3.8) is 0 Å². The summed E-state index contributed by atoms with van der Waals surface area (Å²) in [5.74, 6) is 0.0979. The van der Waals surface area contributed by atoms with E-state index in [9.17, 15) is 9.59 Å². The highest BCUT2D eigenvalue weighted by atomic mass is 35.5. The molecule has 1 atom stereocenters. The molecule has 0 aromatic heterocycles. The number of amides is 2. The fraction of sp³-hybridized carbons (Fsp3) is 0.364. The molecule has 0 aliphatic carbocycles. The number of halogens is 2.